The highest BCUT2D eigenvalue weighted by atomic mass is 19.1. The van der Waals surface area contributed by atoms with Gasteiger partial charge in [0.25, 0.3) is 0 Å². The smallest absolute Gasteiger partial charge is 0.123 e. The van der Waals surface area contributed by atoms with E-state index in [1.165, 1.54) is 55.2 Å². The Morgan fingerprint density at radius 2 is 0.954 bits per heavy atom. The van der Waals surface area contributed by atoms with Crippen LogP contribution >= 0.6 is 0 Å². The van der Waals surface area contributed by atoms with E-state index >= 15 is 0 Å². The van der Waals surface area contributed by atoms with Crippen LogP contribution in [0.4, 0.5) is 21.5 Å². The number of hydrogen-bond donors (Lipinski definition) is 0. The number of para-hydroxylation sites is 3. The van der Waals surface area contributed by atoms with Crippen LogP contribution in [0.25, 0.3) is 60.9 Å². The van der Waals surface area contributed by atoms with Crippen molar-refractivity contribution in [3.05, 3.63) is 276 Å². The summed E-state index contributed by atoms with van der Waals surface area (Å²) in [7, 11) is 0. The van der Waals surface area contributed by atoms with Crippen molar-refractivity contribution in [2.24, 2.45) is 0 Å². The largest absolute Gasteiger partial charge is 0.310 e. The first-order valence-corrected chi connectivity index (χ1v) is 22.3. The van der Waals surface area contributed by atoms with Crippen molar-refractivity contribution in [3.63, 3.8) is 0 Å². The molecule has 1 aromatic heterocycles. The number of aryl methyl sites for hydroxylation is 1. The molecule has 0 bridgehead atoms. The van der Waals surface area contributed by atoms with Gasteiger partial charge in [0.05, 0.1) is 16.4 Å². The minimum absolute atomic E-state index is 0.248. The third-order valence-corrected chi connectivity index (χ3v) is 13.4. The first-order valence-electron chi connectivity index (χ1n) is 22.3. The molecule has 3 heteroatoms. The molecule has 0 N–H and O–H groups in total. The molecule has 11 aromatic rings. The minimum Gasteiger partial charge on any atom is -0.310 e. The number of rotatable bonds is 8. The Morgan fingerprint density at radius 3 is 1.72 bits per heavy atom. The molecule has 1 unspecified atom stereocenters. The van der Waals surface area contributed by atoms with Crippen LogP contribution in [0.5, 0.6) is 0 Å². The maximum atomic E-state index is 14.7. The summed E-state index contributed by atoms with van der Waals surface area (Å²) in [6.07, 6.45) is 0. The lowest BCUT2D eigenvalue weighted by atomic mass is 9.67. The first-order chi connectivity index (χ1) is 32.0. The Hall–Kier alpha value is -8.27. The third-order valence-electron chi connectivity index (χ3n) is 13.4. The average molecular weight is 835 g/mol. The maximum Gasteiger partial charge on any atom is 0.123 e. The van der Waals surface area contributed by atoms with Gasteiger partial charge in [0.1, 0.15) is 5.82 Å². The van der Waals surface area contributed by atoms with Crippen molar-refractivity contribution in [2.45, 2.75) is 12.3 Å². The number of hydrogen-bond acceptors (Lipinski definition) is 1. The summed E-state index contributed by atoms with van der Waals surface area (Å²) >= 11 is 0. The van der Waals surface area contributed by atoms with Crippen LogP contribution in [0, 0.1) is 12.7 Å². The first kappa shape index (κ1) is 38.4. The molecule has 0 saturated carbocycles. The zero-order chi connectivity index (χ0) is 43.5. The van der Waals surface area contributed by atoms with Gasteiger partial charge < -0.3 is 9.47 Å². The summed E-state index contributed by atoms with van der Waals surface area (Å²) < 4.78 is 17.1. The highest BCUT2D eigenvalue weighted by molar-refractivity contribution is 6.10. The fourth-order valence-electron chi connectivity index (χ4n) is 10.4. The minimum atomic E-state index is -0.673. The second-order valence-corrected chi connectivity index (χ2v) is 17.1. The average Bonchev–Trinajstić information content (AvgIpc) is 3.85. The maximum absolute atomic E-state index is 14.7. The standard InChI is InChI=1S/C62H43FN2/c1-42-26-29-47(30-27-42)62(48-31-33-49(63)34-32-48)58-24-10-8-22-54(58)55-36-35-53(41-59(55)62)64(50-17-4-2-5-18-50)52-21-13-16-45(39-52)43-14-12-15-44(38-43)46-28-37-61-57(40-46)56-23-9-11-25-60(56)65(61)51-19-6-3-7-20-51/h2-41H,1H3. The number of aromatic nitrogens is 1. The predicted octanol–water partition coefficient (Wildman–Crippen LogP) is 16.4. The summed E-state index contributed by atoms with van der Waals surface area (Å²) in [4.78, 5) is 2.36. The van der Waals surface area contributed by atoms with Gasteiger partial charge >= 0.3 is 0 Å². The number of halogens is 1. The predicted molar refractivity (Wildman–Crippen MR) is 268 cm³/mol. The molecule has 1 aliphatic carbocycles. The van der Waals surface area contributed by atoms with Crippen LogP contribution in [0.2, 0.25) is 0 Å². The van der Waals surface area contributed by atoms with Crippen molar-refractivity contribution < 1.29 is 4.39 Å². The Kier molecular flexibility index (Phi) is 9.17. The summed E-state index contributed by atoms with van der Waals surface area (Å²) in [5.41, 5.74) is 18.7. The van der Waals surface area contributed by atoms with Gasteiger partial charge in [0.15, 0.2) is 0 Å². The molecule has 1 aliphatic rings. The summed E-state index contributed by atoms with van der Waals surface area (Å²) in [5, 5.41) is 2.47. The van der Waals surface area contributed by atoms with Gasteiger partial charge in [0.2, 0.25) is 0 Å². The molecule has 308 valence electrons. The van der Waals surface area contributed by atoms with Gasteiger partial charge in [-0.15, -0.1) is 0 Å². The molecule has 0 fully saturated rings. The number of benzene rings is 10. The second kappa shape index (κ2) is 15.5. The molecule has 1 heterocycles. The zero-order valence-corrected chi connectivity index (χ0v) is 35.9. The van der Waals surface area contributed by atoms with Crippen LogP contribution in [0.3, 0.4) is 0 Å². The van der Waals surface area contributed by atoms with Crippen LogP contribution in [-0.4, -0.2) is 4.57 Å². The van der Waals surface area contributed by atoms with E-state index in [9.17, 15) is 4.39 Å². The molecule has 65 heavy (non-hydrogen) atoms. The van der Waals surface area contributed by atoms with Crippen molar-refractivity contribution in [2.75, 3.05) is 4.90 Å². The number of fused-ring (bicyclic) bond motifs is 6. The van der Waals surface area contributed by atoms with E-state index in [4.69, 9.17) is 0 Å². The van der Waals surface area contributed by atoms with E-state index in [0.717, 1.165) is 50.6 Å². The number of nitrogens with zero attached hydrogens (tertiary/aromatic N) is 2. The van der Waals surface area contributed by atoms with Gasteiger partial charge in [0, 0.05) is 33.5 Å². The fraction of sp³-hybridized carbons (Fsp3) is 0.0323. The molecular formula is C62H43FN2. The Bertz CT molecular complexity index is 3510. The van der Waals surface area contributed by atoms with Crippen molar-refractivity contribution in [1.82, 2.24) is 4.57 Å². The van der Waals surface area contributed by atoms with E-state index in [0.29, 0.717) is 0 Å². The SMILES string of the molecule is Cc1ccc(C2(c3ccc(F)cc3)c3ccccc3-c3ccc(N(c4ccccc4)c4cccc(-c5cccc(-c6ccc7c(c6)c6ccccc6n7-c6ccccc6)c5)c4)cc32)cc1. The Morgan fingerprint density at radius 1 is 0.385 bits per heavy atom. The van der Waals surface area contributed by atoms with E-state index in [1.54, 1.807) is 12.1 Å². The topological polar surface area (TPSA) is 8.17 Å². The Labute approximate surface area is 378 Å². The van der Waals surface area contributed by atoms with Crippen molar-refractivity contribution in [1.29, 1.82) is 0 Å². The second-order valence-electron chi connectivity index (χ2n) is 17.1. The lowest BCUT2D eigenvalue weighted by molar-refractivity contribution is 0.625. The Balaban J connectivity index is 0.986. The van der Waals surface area contributed by atoms with E-state index in [2.05, 4.69) is 235 Å². The van der Waals surface area contributed by atoms with Gasteiger partial charge in [-0.25, -0.2) is 4.39 Å². The van der Waals surface area contributed by atoms with Crippen LogP contribution < -0.4 is 4.90 Å². The van der Waals surface area contributed by atoms with Gasteiger partial charge in [-0.2, -0.15) is 0 Å². The lowest BCUT2D eigenvalue weighted by Gasteiger charge is -2.35. The molecule has 2 nitrogen and oxygen atoms in total. The summed E-state index contributed by atoms with van der Waals surface area (Å²) in [6, 6.07) is 86.1. The number of anilines is 3. The lowest BCUT2D eigenvalue weighted by Crippen LogP contribution is -2.29. The highest BCUT2D eigenvalue weighted by Gasteiger charge is 2.46. The van der Waals surface area contributed by atoms with Gasteiger partial charge in [-0.3, -0.25) is 0 Å². The van der Waals surface area contributed by atoms with Crippen LogP contribution in [-0.2, 0) is 5.41 Å². The molecule has 0 spiro atoms. The third kappa shape index (κ3) is 6.31. The van der Waals surface area contributed by atoms with E-state index in [1.807, 2.05) is 12.1 Å². The molecule has 12 rings (SSSR count). The quantitative estimate of drug-likeness (QED) is 0.148. The normalized spacial score (nSPS) is 14.1. The monoisotopic (exact) mass is 834 g/mol. The van der Waals surface area contributed by atoms with Crippen molar-refractivity contribution in [3.8, 4) is 39.1 Å². The molecule has 0 amide bonds. The fourth-order valence-corrected chi connectivity index (χ4v) is 10.4. The van der Waals surface area contributed by atoms with Gasteiger partial charge in [-0.1, -0.05) is 163 Å². The molecule has 0 aliphatic heterocycles. The van der Waals surface area contributed by atoms with Crippen LogP contribution in [0.15, 0.2) is 243 Å². The highest BCUT2D eigenvalue weighted by Crippen LogP contribution is 2.57. The molecule has 0 radical (unpaired) electrons. The molecular weight excluding hydrogens is 792 g/mol. The van der Waals surface area contributed by atoms with Crippen LogP contribution in [0.1, 0.15) is 27.8 Å². The summed E-state index contributed by atoms with van der Waals surface area (Å²) in [5.74, 6) is -0.248. The van der Waals surface area contributed by atoms with E-state index < -0.39 is 5.41 Å². The van der Waals surface area contributed by atoms with E-state index in [-0.39, 0.29) is 5.82 Å². The van der Waals surface area contributed by atoms with Crippen molar-refractivity contribution >= 4 is 38.9 Å². The molecule has 0 saturated heterocycles. The molecule has 10 aromatic carbocycles. The summed E-state index contributed by atoms with van der Waals surface area (Å²) in [6.45, 7) is 2.12. The zero-order valence-electron chi connectivity index (χ0n) is 35.9. The molecule has 1 atom stereocenters. The van der Waals surface area contributed by atoms with Gasteiger partial charge in [-0.05, 0) is 147 Å².